The van der Waals surface area contributed by atoms with Gasteiger partial charge in [-0.2, -0.15) is 0 Å². The Morgan fingerprint density at radius 2 is 1.45 bits per heavy atom. The molecule has 33 heavy (non-hydrogen) atoms. The number of halogens is 2. The Hall–Kier alpha value is -3.78. The number of benzene rings is 3. The average molecular weight is 453 g/mol. The maximum Gasteiger partial charge on any atom is 0.319 e. The Bertz CT molecular complexity index is 1020. The lowest BCUT2D eigenvalue weighted by molar-refractivity contribution is -0.121. The molecule has 3 aromatic rings. The molecular formula is C25H26F2N4O2. The average Bonchev–Trinajstić information content (AvgIpc) is 2.82. The molecule has 0 saturated heterocycles. The number of amides is 3. The molecule has 172 valence electrons. The second kappa shape index (κ2) is 11.7. The Morgan fingerprint density at radius 3 is 2.00 bits per heavy atom. The van der Waals surface area contributed by atoms with Gasteiger partial charge in [0.15, 0.2) is 6.17 Å². The van der Waals surface area contributed by atoms with Crippen LogP contribution in [-0.2, 0) is 17.9 Å². The van der Waals surface area contributed by atoms with Crippen molar-refractivity contribution in [2.75, 3.05) is 24.2 Å². The molecule has 0 spiro atoms. The van der Waals surface area contributed by atoms with Crippen molar-refractivity contribution in [2.45, 2.75) is 19.3 Å². The van der Waals surface area contributed by atoms with E-state index in [2.05, 4.69) is 16.0 Å². The number of alkyl halides is 1. The van der Waals surface area contributed by atoms with E-state index < -0.39 is 23.9 Å². The quantitative estimate of drug-likeness (QED) is 0.446. The van der Waals surface area contributed by atoms with E-state index in [1.165, 1.54) is 19.2 Å². The van der Waals surface area contributed by atoms with E-state index in [1.54, 1.807) is 0 Å². The van der Waals surface area contributed by atoms with E-state index >= 15 is 0 Å². The Kier molecular flexibility index (Phi) is 8.49. The van der Waals surface area contributed by atoms with Gasteiger partial charge in [0.25, 0.3) is 5.91 Å². The van der Waals surface area contributed by atoms with Gasteiger partial charge in [-0.3, -0.25) is 9.69 Å². The van der Waals surface area contributed by atoms with Crippen molar-refractivity contribution in [2.24, 2.45) is 0 Å². The summed E-state index contributed by atoms with van der Waals surface area (Å²) in [6.07, 6.45) is -1.82. The van der Waals surface area contributed by atoms with Crippen molar-refractivity contribution in [3.63, 3.8) is 0 Å². The van der Waals surface area contributed by atoms with Gasteiger partial charge in [-0.25, -0.2) is 13.6 Å². The fraction of sp³-hybridized carbons (Fsp3) is 0.200. The fourth-order valence-corrected chi connectivity index (χ4v) is 3.28. The monoisotopic (exact) mass is 452 g/mol. The van der Waals surface area contributed by atoms with Crippen LogP contribution in [0.4, 0.5) is 25.0 Å². The van der Waals surface area contributed by atoms with E-state index in [9.17, 15) is 18.4 Å². The van der Waals surface area contributed by atoms with Gasteiger partial charge in [0.05, 0.1) is 5.69 Å². The van der Waals surface area contributed by atoms with Crippen molar-refractivity contribution >= 4 is 23.3 Å². The molecule has 1 atom stereocenters. The van der Waals surface area contributed by atoms with Crippen LogP contribution in [0, 0.1) is 5.82 Å². The van der Waals surface area contributed by atoms with Crippen LogP contribution in [0.15, 0.2) is 78.9 Å². The summed E-state index contributed by atoms with van der Waals surface area (Å²) in [5, 5.41) is 7.08. The van der Waals surface area contributed by atoms with E-state index in [-0.39, 0.29) is 17.9 Å². The first-order chi connectivity index (χ1) is 15.9. The molecule has 0 heterocycles. The standard InChI is InChI=1S/C25H26F2N4O2/c1-28-25(33)30-23-14-20(12-13-21(23)26)29-24(32)22(27)17-31(15-18-8-4-2-5-9-18)16-19-10-6-3-7-11-19/h2-14,22H,15-17H2,1H3,(H,29,32)(H2,28,30,33). The lowest BCUT2D eigenvalue weighted by Crippen LogP contribution is -2.36. The molecule has 6 nitrogen and oxygen atoms in total. The number of carbonyl (C=O) groups excluding carboxylic acids is 2. The zero-order chi connectivity index (χ0) is 23.6. The highest BCUT2D eigenvalue weighted by atomic mass is 19.1. The largest absolute Gasteiger partial charge is 0.341 e. The highest BCUT2D eigenvalue weighted by Crippen LogP contribution is 2.20. The van der Waals surface area contributed by atoms with Crippen molar-refractivity contribution in [1.82, 2.24) is 10.2 Å². The molecule has 3 rings (SSSR count). The molecule has 0 aliphatic heterocycles. The van der Waals surface area contributed by atoms with Gasteiger partial charge in [-0.05, 0) is 29.3 Å². The van der Waals surface area contributed by atoms with E-state index in [1.807, 2.05) is 65.6 Å². The van der Waals surface area contributed by atoms with Gasteiger partial charge in [-0.1, -0.05) is 60.7 Å². The summed E-state index contributed by atoms with van der Waals surface area (Å²) in [5.41, 5.74) is 2.06. The number of anilines is 2. The fourth-order valence-electron chi connectivity index (χ4n) is 3.28. The lowest BCUT2D eigenvalue weighted by Gasteiger charge is -2.24. The highest BCUT2D eigenvalue weighted by Gasteiger charge is 2.22. The van der Waals surface area contributed by atoms with Gasteiger partial charge in [0, 0.05) is 32.4 Å². The van der Waals surface area contributed by atoms with Crippen molar-refractivity contribution in [3.05, 3.63) is 95.8 Å². The molecule has 0 bridgehead atoms. The van der Waals surface area contributed by atoms with Crippen molar-refractivity contribution < 1.29 is 18.4 Å². The third-order valence-electron chi connectivity index (χ3n) is 4.91. The van der Waals surface area contributed by atoms with Crippen LogP contribution in [0.2, 0.25) is 0 Å². The van der Waals surface area contributed by atoms with Crippen LogP contribution in [0.1, 0.15) is 11.1 Å². The van der Waals surface area contributed by atoms with Crippen LogP contribution >= 0.6 is 0 Å². The topological polar surface area (TPSA) is 73.5 Å². The Labute approximate surface area is 191 Å². The summed E-state index contributed by atoms with van der Waals surface area (Å²) in [6.45, 7) is 0.820. The second-order valence-electron chi connectivity index (χ2n) is 7.50. The smallest absolute Gasteiger partial charge is 0.319 e. The second-order valence-corrected chi connectivity index (χ2v) is 7.50. The third-order valence-corrected chi connectivity index (χ3v) is 4.91. The maximum atomic E-state index is 15.0. The minimum atomic E-state index is -1.82. The first-order valence-electron chi connectivity index (χ1n) is 10.5. The molecule has 0 aromatic heterocycles. The summed E-state index contributed by atoms with van der Waals surface area (Å²) in [4.78, 5) is 25.8. The maximum absolute atomic E-state index is 15.0. The summed E-state index contributed by atoms with van der Waals surface area (Å²) in [6, 6.07) is 22.3. The minimum Gasteiger partial charge on any atom is -0.341 e. The van der Waals surface area contributed by atoms with Crippen LogP contribution in [0.3, 0.4) is 0 Å². The van der Waals surface area contributed by atoms with Gasteiger partial charge in [-0.15, -0.1) is 0 Å². The summed E-state index contributed by atoms with van der Waals surface area (Å²) in [5.74, 6) is -1.52. The molecule has 0 fully saturated rings. The zero-order valence-corrected chi connectivity index (χ0v) is 18.2. The molecule has 8 heteroatoms. The van der Waals surface area contributed by atoms with Crippen molar-refractivity contribution in [1.29, 1.82) is 0 Å². The molecule has 3 N–H and O–H groups in total. The predicted molar refractivity (Wildman–Crippen MR) is 125 cm³/mol. The van der Waals surface area contributed by atoms with E-state index in [0.717, 1.165) is 17.2 Å². The molecule has 0 aliphatic rings. The summed E-state index contributed by atoms with van der Waals surface area (Å²) in [7, 11) is 1.39. The molecule has 3 amide bonds. The molecular weight excluding hydrogens is 426 g/mol. The predicted octanol–water partition coefficient (Wildman–Crippen LogP) is 4.56. The molecule has 1 unspecified atom stereocenters. The number of nitrogens with one attached hydrogen (secondary N) is 3. The Morgan fingerprint density at radius 1 is 0.879 bits per heavy atom. The molecule has 0 aliphatic carbocycles. The minimum absolute atomic E-state index is 0.125. The number of nitrogens with zero attached hydrogens (tertiary/aromatic N) is 1. The zero-order valence-electron chi connectivity index (χ0n) is 18.2. The number of hydrogen-bond donors (Lipinski definition) is 3. The van der Waals surface area contributed by atoms with E-state index in [4.69, 9.17) is 0 Å². The number of hydrogen-bond acceptors (Lipinski definition) is 3. The summed E-state index contributed by atoms with van der Waals surface area (Å²) >= 11 is 0. The molecule has 0 radical (unpaired) electrons. The van der Waals surface area contributed by atoms with Crippen LogP contribution in [0.25, 0.3) is 0 Å². The highest BCUT2D eigenvalue weighted by molar-refractivity contribution is 5.95. The first kappa shape index (κ1) is 23.9. The van der Waals surface area contributed by atoms with Crippen molar-refractivity contribution in [3.8, 4) is 0 Å². The van der Waals surface area contributed by atoms with Gasteiger partial charge < -0.3 is 16.0 Å². The normalized spacial score (nSPS) is 11.6. The Balaban J connectivity index is 1.68. The summed E-state index contributed by atoms with van der Waals surface area (Å²) < 4.78 is 28.9. The van der Waals surface area contributed by atoms with Gasteiger partial charge >= 0.3 is 6.03 Å². The molecule has 0 saturated carbocycles. The van der Waals surface area contributed by atoms with Gasteiger partial charge in [0.1, 0.15) is 5.82 Å². The number of rotatable bonds is 9. The molecule has 3 aromatic carbocycles. The van der Waals surface area contributed by atoms with E-state index in [0.29, 0.717) is 13.1 Å². The van der Waals surface area contributed by atoms with Crippen LogP contribution in [0.5, 0.6) is 0 Å². The SMILES string of the molecule is CNC(=O)Nc1cc(NC(=O)C(F)CN(Cc2ccccc2)Cc2ccccc2)ccc1F. The van der Waals surface area contributed by atoms with Gasteiger partial charge in [0.2, 0.25) is 0 Å². The lowest BCUT2D eigenvalue weighted by atomic mass is 10.1. The van der Waals surface area contributed by atoms with Crippen LogP contribution < -0.4 is 16.0 Å². The third kappa shape index (κ3) is 7.40. The first-order valence-corrected chi connectivity index (χ1v) is 10.5. The number of carbonyl (C=O) groups is 2. The number of urea groups is 1. The van der Waals surface area contributed by atoms with Crippen LogP contribution in [-0.4, -0.2) is 36.6 Å².